The Labute approximate surface area is 111 Å². The number of hydrogen-bond acceptors (Lipinski definition) is 3. The van der Waals surface area contributed by atoms with Gasteiger partial charge in [-0.05, 0) is 30.7 Å². The van der Waals surface area contributed by atoms with E-state index in [0.717, 1.165) is 5.56 Å². The van der Waals surface area contributed by atoms with Crippen molar-refractivity contribution in [3.8, 4) is 0 Å². The molecule has 0 saturated heterocycles. The summed E-state index contributed by atoms with van der Waals surface area (Å²) in [5, 5.41) is 0.598. The molecule has 18 heavy (non-hydrogen) atoms. The fourth-order valence-corrected chi connectivity index (χ4v) is 1.76. The normalized spacial score (nSPS) is 10.0. The highest BCUT2D eigenvalue weighted by Gasteiger charge is 2.15. The minimum atomic E-state index is -0.331. The van der Waals surface area contributed by atoms with Crippen molar-refractivity contribution in [1.82, 2.24) is 4.90 Å². The van der Waals surface area contributed by atoms with Gasteiger partial charge in [0.15, 0.2) is 0 Å². The summed E-state index contributed by atoms with van der Waals surface area (Å²) in [5.41, 5.74) is 1.41. The fourth-order valence-electron chi connectivity index (χ4n) is 1.54. The van der Waals surface area contributed by atoms with Crippen LogP contribution in [-0.4, -0.2) is 37.5 Å². The summed E-state index contributed by atoms with van der Waals surface area (Å²) in [4.78, 5) is 24.6. The number of halogens is 1. The van der Waals surface area contributed by atoms with Crippen molar-refractivity contribution in [3.05, 3.63) is 34.3 Å². The van der Waals surface area contributed by atoms with Crippen LogP contribution in [0.5, 0.6) is 0 Å². The molecular weight excluding hydrogens is 254 g/mol. The van der Waals surface area contributed by atoms with E-state index >= 15 is 0 Å². The largest absolute Gasteiger partial charge is 0.469 e. The summed E-state index contributed by atoms with van der Waals surface area (Å²) in [6.45, 7) is 2.15. The van der Waals surface area contributed by atoms with E-state index in [9.17, 15) is 9.59 Å². The quantitative estimate of drug-likeness (QED) is 0.788. The molecule has 0 fully saturated rings. The van der Waals surface area contributed by atoms with E-state index in [0.29, 0.717) is 17.1 Å². The molecule has 5 heteroatoms. The number of benzene rings is 1. The molecule has 0 aliphatic heterocycles. The molecular formula is C13H16ClNO3. The van der Waals surface area contributed by atoms with Crippen LogP contribution in [0.4, 0.5) is 0 Å². The van der Waals surface area contributed by atoms with E-state index in [1.54, 1.807) is 25.2 Å². The predicted molar refractivity (Wildman–Crippen MR) is 69.8 cm³/mol. The molecule has 0 bridgehead atoms. The standard InChI is InChI=1S/C13H16ClNO3/c1-9-8-10(14)4-5-11(9)13(17)15(2)7-6-12(16)18-3/h4-5,8H,6-7H2,1-3H3. The lowest BCUT2D eigenvalue weighted by Crippen LogP contribution is -2.29. The zero-order chi connectivity index (χ0) is 13.7. The average molecular weight is 270 g/mol. The Kier molecular flexibility index (Phi) is 5.16. The second-order valence-corrected chi connectivity index (χ2v) is 4.45. The molecule has 0 N–H and O–H groups in total. The first-order valence-corrected chi connectivity index (χ1v) is 5.92. The average Bonchev–Trinajstić information content (AvgIpc) is 2.34. The molecule has 98 valence electrons. The Hall–Kier alpha value is -1.55. The first kappa shape index (κ1) is 14.5. The topological polar surface area (TPSA) is 46.6 Å². The second-order valence-electron chi connectivity index (χ2n) is 4.01. The highest BCUT2D eigenvalue weighted by molar-refractivity contribution is 6.30. The minimum Gasteiger partial charge on any atom is -0.469 e. The van der Waals surface area contributed by atoms with Gasteiger partial charge in [0.2, 0.25) is 0 Å². The summed E-state index contributed by atoms with van der Waals surface area (Å²) in [5.74, 6) is -0.462. The van der Waals surface area contributed by atoms with Crippen molar-refractivity contribution in [2.45, 2.75) is 13.3 Å². The molecule has 0 heterocycles. The van der Waals surface area contributed by atoms with E-state index in [4.69, 9.17) is 11.6 Å². The molecule has 0 aromatic heterocycles. The first-order valence-electron chi connectivity index (χ1n) is 5.54. The van der Waals surface area contributed by atoms with Crippen LogP contribution in [0.3, 0.4) is 0 Å². The molecule has 4 nitrogen and oxygen atoms in total. The van der Waals surface area contributed by atoms with E-state index in [1.807, 2.05) is 6.92 Å². The van der Waals surface area contributed by atoms with Gasteiger partial charge in [-0.1, -0.05) is 11.6 Å². The van der Waals surface area contributed by atoms with E-state index in [-0.39, 0.29) is 18.3 Å². The summed E-state index contributed by atoms with van der Waals surface area (Å²) >= 11 is 5.84. The van der Waals surface area contributed by atoms with Crippen LogP contribution >= 0.6 is 11.6 Å². The zero-order valence-corrected chi connectivity index (χ0v) is 11.5. The van der Waals surface area contributed by atoms with Gasteiger partial charge in [-0.3, -0.25) is 9.59 Å². The van der Waals surface area contributed by atoms with Gasteiger partial charge in [0.25, 0.3) is 5.91 Å². The number of esters is 1. The van der Waals surface area contributed by atoms with Crippen molar-refractivity contribution in [1.29, 1.82) is 0 Å². The lowest BCUT2D eigenvalue weighted by Gasteiger charge is -2.17. The number of hydrogen-bond donors (Lipinski definition) is 0. The molecule has 1 aromatic rings. The van der Waals surface area contributed by atoms with Crippen molar-refractivity contribution in [2.24, 2.45) is 0 Å². The predicted octanol–water partition coefficient (Wildman–Crippen LogP) is 2.28. The lowest BCUT2D eigenvalue weighted by molar-refractivity contribution is -0.140. The number of amides is 1. The van der Waals surface area contributed by atoms with Crippen molar-refractivity contribution in [2.75, 3.05) is 20.7 Å². The second kappa shape index (κ2) is 6.40. The van der Waals surface area contributed by atoms with Crippen molar-refractivity contribution < 1.29 is 14.3 Å². The molecule has 0 atom stereocenters. The van der Waals surface area contributed by atoms with Gasteiger partial charge < -0.3 is 9.64 Å². The number of ether oxygens (including phenoxy) is 1. The van der Waals surface area contributed by atoms with Crippen LogP contribution < -0.4 is 0 Å². The van der Waals surface area contributed by atoms with Crippen LogP contribution in [0.1, 0.15) is 22.3 Å². The molecule has 0 aliphatic carbocycles. The van der Waals surface area contributed by atoms with Gasteiger partial charge in [0.05, 0.1) is 13.5 Å². The van der Waals surface area contributed by atoms with Crippen LogP contribution in [0.25, 0.3) is 0 Å². The molecule has 0 aliphatic rings. The van der Waals surface area contributed by atoms with E-state index < -0.39 is 0 Å². The van der Waals surface area contributed by atoms with Gasteiger partial charge in [-0.25, -0.2) is 0 Å². The minimum absolute atomic E-state index is 0.131. The molecule has 0 spiro atoms. The Balaban J connectivity index is 2.71. The van der Waals surface area contributed by atoms with Gasteiger partial charge in [-0.15, -0.1) is 0 Å². The number of rotatable bonds is 4. The smallest absolute Gasteiger partial charge is 0.307 e. The number of nitrogens with zero attached hydrogens (tertiary/aromatic N) is 1. The maximum absolute atomic E-state index is 12.1. The molecule has 0 unspecified atom stereocenters. The van der Waals surface area contributed by atoms with Crippen molar-refractivity contribution in [3.63, 3.8) is 0 Å². The Morgan fingerprint density at radius 2 is 2.06 bits per heavy atom. The molecule has 1 aromatic carbocycles. The maximum atomic E-state index is 12.1. The number of carbonyl (C=O) groups is 2. The number of methoxy groups -OCH3 is 1. The maximum Gasteiger partial charge on any atom is 0.307 e. The third kappa shape index (κ3) is 3.74. The summed E-state index contributed by atoms with van der Waals surface area (Å²) < 4.78 is 4.53. The molecule has 1 amide bonds. The highest BCUT2D eigenvalue weighted by Crippen LogP contribution is 2.16. The van der Waals surface area contributed by atoms with E-state index in [2.05, 4.69) is 4.74 Å². The SMILES string of the molecule is COC(=O)CCN(C)C(=O)c1ccc(Cl)cc1C. The van der Waals surface area contributed by atoms with Crippen LogP contribution in [0.15, 0.2) is 18.2 Å². The summed E-state index contributed by atoms with van der Waals surface area (Å²) in [6.07, 6.45) is 0.186. The van der Waals surface area contributed by atoms with Crippen LogP contribution in [0.2, 0.25) is 5.02 Å². The Morgan fingerprint density at radius 3 is 2.61 bits per heavy atom. The first-order chi connectivity index (χ1) is 8.45. The number of aryl methyl sites for hydroxylation is 1. The van der Waals surface area contributed by atoms with Crippen molar-refractivity contribution >= 4 is 23.5 Å². The highest BCUT2D eigenvalue weighted by atomic mass is 35.5. The lowest BCUT2D eigenvalue weighted by atomic mass is 10.1. The molecule has 0 saturated carbocycles. The van der Waals surface area contributed by atoms with Gasteiger partial charge >= 0.3 is 5.97 Å². The Morgan fingerprint density at radius 1 is 1.39 bits per heavy atom. The number of carbonyl (C=O) groups excluding carboxylic acids is 2. The van der Waals surface area contributed by atoms with Crippen LogP contribution in [-0.2, 0) is 9.53 Å². The van der Waals surface area contributed by atoms with Gasteiger partial charge in [0, 0.05) is 24.2 Å². The Bertz CT molecular complexity index is 460. The summed E-state index contributed by atoms with van der Waals surface area (Å²) in [6, 6.07) is 5.10. The van der Waals surface area contributed by atoms with Crippen LogP contribution in [0, 0.1) is 6.92 Å². The summed E-state index contributed by atoms with van der Waals surface area (Å²) in [7, 11) is 2.98. The van der Waals surface area contributed by atoms with E-state index in [1.165, 1.54) is 12.0 Å². The third-order valence-corrected chi connectivity index (χ3v) is 2.88. The molecule has 1 rings (SSSR count). The fraction of sp³-hybridized carbons (Fsp3) is 0.385. The molecule has 0 radical (unpaired) electrons. The zero-order valence-electron chi connectivity index (χ0n) is 10.7. The third-order valence-electron chi connectivity index (χ3n) is 2.64. The monoisotopic (exact) mass is 269 g/mol. The van der Waals surface area contributed by atoms with Gasteiger partial charge in [-0.2, -0.15) is 0 Å². The van der Waals surface area contributed by atoms with Gasteiger partial charge in [0.1, 0.15) is 0 Å².